The zero-order chi connectivity index (χ0) is 17.7. The molecule has 2 rings (SSSR count). The summed E-state index contributed by atoms with van der Waals surface area (Å²) in [5.41, 5.74) is 1.09. The summed E-state index contributed by atoms with van der Waals surface area (Å²) in [6.45, 7) is 5.88. The molecule has 0 aliphatic carbocycles. The Morgan fingerprint density at radius 3 is 2.92 bits per heavy atom. The van der Waals surface area contributed by atoms with Crippen LogP contribution in [0.1, 0.15) is 38.9 Å². The Morgan fingerprint density at radius 1 is 1.50 bits per heavy atom. The summed E-state index contributed by atoms with van der Waals surface area (Å²) < 4.78 is 16.6. The molecular weight excluding hydrogens is 377 g/mol. The van der Waals surface area contributed by atoms with Gasteiger partial charge in [0.05, 0.1) is 6.61 Å². The number of fused-ring (bicyclic) bond motifs is 1. The van der Waals surface area contributed by atoms with Crippen LogP contribution >= 0.6 is 15.9 Å². The summed E-state index contributed by atoms with van der Waals surface area (Å²) in [7, 11) is 0.331. The molecule has 0 aromatic heterocycles. The molecular formula is C16H23BBrNO5. The number of carbonyl (C=O) groups excluding carboxylic acids is 1. The average molecular weight is 400 g/mol. The van der Waals surface area contributed by atoms with Crippen LogP contribution in [0.4, 0.5) is 4.79 Å². The van der Waals surface area contributed by atoms with E-state index in [1.54, 1.807) is 20.8 Å². The molecule has 0 bridgehead atoms. The van der Waals surface area contributed by atoms with Crippen molar-refractivity contribution in [2.45, 2.75) is 45.1 Å². The molecule has 132 valence electrons. The number of hydrogen-bond acceptors (Lipinski definition) is 5. The first-order chi connectivity index (χ1) is 11.3. The molecule has 8 heteroatoms. The first-order valence-electron chi connectivity index (χ1n) is 7.91. The molecule has 0 saturated heterocycles. The van der Waals surface area contributed by atoms with Crippen LogP contribution < -0.4 is 15.5 Å². The highest BCUT2D eigenvalue weighted by Gasteiger charge is 2.34. The summed E-state index contributed by atoms with van der Waals surface area (Å²) in [6.07, 6.45) is -1.63. The van der Waals surface area contributed by atoms with Crippen molar-refractivity contribution in [3.63, 3.8) is 0 Å². The van der Waals surface area contributed by atoms with Crippen LogP contribution in [0.5, 0.6) is 5.75 Å². The van der Waals surface area contributed by atoms with Crippen molar-refractivity contribution >= 4 is 35.0 Å². The van der Waals surface area contributed by atoms with E-state index in [-0.39, 0.29) is 0 Å². The number of nitrogens with one attached hydrogen (secondary N) is 1. The fourth-order valence-corrected chi connectivity index (χ4v) is 2.63. The van der Waals surface area contributed by atoms with E-state index in [2.05, 4.69) is 21.2 Å². The van der Waals surface area contributed by atoms with Crippen molar-refractivity contribution in [1.82, 2.24) is 5.32 Å². The number of aliphatic hydroxyl groups excluding tert-OH is 1. The topological polar surface area (TPSA) is 77.0 Å². The summed E-state index contributed by atoms with van der Waals surface area (Å²) in [4.78, 5) is 11.8. The van der Waals surface area contributed by atoms with Crippen molar-refractivity contribution in [2.24, 2.45) is 0 Å². The summed E-state index contributed by atoms with van der Waals surface area (Å²) >= 11 is 3.37. The van der Waals surface area contributed by atoms with E-state index < -0.39 is 24.0 Å². The van der Waals surface area contributed by atoms with Crippen molar-refractivity contribution in [1.29, 1.82) is 0 Å². The summed E-state index contributed by atoms with van der Waals surface area (Å²) in [6, 6.07) is 5.60. The normalized spacial score (nSPS) is 17.6. The van der Waals surface area contributed by atoms with Crippen LogP contribution in [0, 0.1) is 0 Å². The summed E-state index contributed by atoms with van der Waals surface area (Å²) in [5, 5.41) is 13.6. The average Bonchev–Trinajstić information content (AvgIpc) is 2.90. The van der Waals surface area contributed by atoms with Gasteiger partial charge in [-0.05, 0) is 44.3 Å². The molecule has 1 aliphatic heterocycles. The van der Waals surface area contributed by atoms with E-state index in [1.165, 1.54) is 0 Å². The molecule has 2 atom stereocenters. The zero-order valence-electron chi connectivity index (χ0n) is 14.2. The number of rotatable bonds is 6. The number of ether oxygens (including phenoxy) is 2. The molecule has 1 aromatic rings. The van der Waals surface area contributed by atoms with Gasteiger partial charge in [-0.15, -0.1) is 0 Å². The Hall–Kier alpha value is -1.25. The van der Waals surface area contributed by atoms with E-state index in [1.807, 2.05) is 18.2 Å². The Bertz CT molecular complexity index is 578. The molecule has 1 heterocycles. The lowest BCUT2D eigenvalue weighted by Gasteiger charge is -2.24. The number of carbonyl (C=O) groups is 1. The lowest BCUT2D eigenvalue weighted by molar-refractivity contribution is -0.000293. The highest BCUT2D eigenvalue weighted by Crippen LogP contribution is 2.27. The molecule has 1 aromatic carbocycles. The van der Waals surface area contributed by atoms with Gasteiger partial charge in [-0.3, -0.25) is 5.32 Å². The fourth-order valence-electron chi connectivity index (χ4n) is 2.40. The van der Waals surface area contributed by atoms with Crippen LogP contribution in [-0.4, -0.2) is 42.4 Å². The molecule has 2 N–H and O–H groups in total. The minimum absolute atomic E-state index is 0.331. The number of amides is 1. The summed E-state index contributed by atoms with van der Waals surface area (Å²) in [5.74, 6) is 0.750. The molecule has 6 nitrogen and oxygen atoms in total. The third kappa shape index (κ3) is 5.12. The Labute approximate surface area is 151 Å². The second kappa shape index (κ2) is 8.22. The predicted molar refractivity (Wildman–Crippen MR) is 96.3 cm³/mol. The van der Waals surface area contributed by atoms with E-state index in [4.69, 9.17) is 14.1 Å². The van der Waals surface area contributed by atoms with Gasteiger partial charge in [-0.25, -0.2) is 4.79 Å². The number of aliphatic hydroxyl groups is 1. The maximum absolute atomic E-state index is 11.8. The lowest BCUT2D eigenvalue weighted by atomic mass is 9.85. The second-order valence-electron chi connectivity index (χ2n) is 6.54. The van der Waals surface area contributed by atoms with E-state index >= 15 is 0 Å². The van der Waals surface area contributed by atoms with Gasteiger partial charge in [0.1, 0.15) is 17.5 Å². The highest BCUT2D eigenvalue weighted by molar-refractivity contribution is 9.09. The quantitative estimate of drug-likeness (QED) is 0.330. The van der Waals surface area contributed by atoms with Crippen LogP contribution in [0.2, 0.25) is 0 Å². The molecule has 1 amide bonds. The molecule has 0 fully saturated rings. The van der Waals surface area contributed by atoms with Crippen molar-refractivity contribution in [3.8, 4) is 5.75 Å². The van der Waals surface area contributed by atoms with Crippen molar-refractivity contribution in [2.75, 3.05) is 11.9 Å². The lowest BCUT2D eigenvalue weighted by Crippen LogP contribution is -2.42. The molecule has 2 unspecified atom stereocenters. The van der Waals surface area contributed by atoms with E-state index in [9.17, 15) is 9.90 Å². The fraction of sp³-hybridized carbons (Fsp3) is 0.562. The first-order valence-corrected chi connectivity index (χ1v) is 9.03. The highest BCUT2D eigenvalue weighted by atomic mass is 79.9. The van der Waals surface area contributed by atoms with Gasteiger partial charge < -0.3 is 19.2 Å². The maximum atomic E-state index is 11.8. The number of alkyl halides is 1. The molecule has 0 saturated carbocycles. The van der Waals surface area contributed by atoms with Gasteiger partial charge in [0.15, 0.2) is 6.23 Å². The SMILES string of the molecule is CC(C)(C)OC(=O)NC(O)C1OBc2c(OCCCBr)cccc21. The van der Waals surface area contributed by atoms with Crippen LogP contribution in [0.25, 0.3) is 0 Å². The van der Waals surface area contributed by atoms with Gasteiger partial charge in [-0.2, -0.15) is 0 Å². The number of benzene rings is 1. The minimum Gasteiger partial charge on any atom is -0.494 e. The number of alkyl carbamates (subject to hydrolysis) is 1. The Morgan fingerprint density at radius 2 is 2.25 bits per heavy atom. The smallest absolute Gasteiger partial charge is 0.409 e. The number of halogens is 1. The van der Waals surface area contributed by atoms with E-state index in [0.717, 1.165) is 28.5 Å². The second-order valence-corrected chi connectivity index (χ2v) is 7.33. The largest absolute Gasteiger partial charge is 0.494 e. The third-order valence-electron chi connectivity index (χ3n) is 3.37. The zero-order valence-corrected chi connectivity index (χ0v) is 15.8. The predicted octanol–water partition coefficient (Wildman–Crippen LogP) is 1.74. The Kier molecular flexibility index (Phi) is 6.54. The van der Waals surface area contributed by atoms with Gasteiger partial charge >= 0.3 is 13.6 Å². The van der Waals surface area contributed by atoms with Crippen molar-refractivity contribution in [3.05, 3.63) is 23.8 Å². The van der Waals surface area contributed by atoms with Crippen LogP contribution in [0.3, 0.4) is 0 Å². The van der Waals surface area contributed by atoms with Gasteiger partial charge in [-0.1, -0.05) is 28.1 Å². The van der Waals surface area contributed by atoms with Crippen LogP contribution in [0.15, 0.2) is 18.2 Å². The third-order valence-corrected chi connectivity index (χ3v) is 3.93. The molecule has 24 heavy (non-hydrogen) atoms. The van der Waals surface area contributed by atoms with Gasteiger partial charge in [0, 0.05) is 5.33 Å². The Balaban J connectivity index is 2.03. The molecule has 0 spiro atoms. The van der Waals surface area contributed by atoms with E-state index in [0.29, 0.717) is 14.1 Å². The van der Waals surface area contributed by atoms with Gasteiger partial charge in [0.25, 0.3) is 0 Å². The van der Waals surface area contributed by atoms with Gasteiger partial charge in [0.2, 0.25) is 0 Å². The molecule has 0 radical (unpaired) electrons. The number of hydrogen-bond donors (Lipinski definition) is 2. The van der Waals surface area contributed by atoms with Crippen molar-refractivity contribution < 1.29 is 24.0 Å². The minimum atomic E-state index is -1.20. The monoisotopic (exact) mass is 399 g/mol. The first kappa shape index (κ1) is 19.1. The van der Waals surface area contributed by atoms with Crippen LogP contribution in [-0.2, 0) is 9.39 Å². The maximum Gasteiger partial charge on any atom is 0.409 e. The standard InChI is InChI=1S/C16H23BBrNO5/c1-16(2,3)23-15(21)19-14(20)13-10-6-4-7-11(12(10)17-24-13)22-9-5-8-18/h4,6-7,13-14,17,20H,5,8-9H2,1-3H3,(H,19,21). The molecule has 1 aliphatic rings.